The second-order valence-corrected chi connectivity index (χ2v) is 7.56. The summed E-state index contributed by atoms with van der Waals surface area (Å²) in [4.78, 5) is 22.4. The third-order valence-corrected chi connectivity index (χ3v) is 5.45. The number of hydrogen-bond donors (Lipinski definition) is 0. The van der Waals surface area contributed by atoms with E-state index in [4.69, 9.17) is 0 Å². The molecule has 1 saturated heterocycles. The highest BCUT2D eigenvalue weighted by atomic mass is 32.1. The summed E-state index contributed by atoms with van der Waals surface area (Å²) < 4.78 is 1.61. The number of aromatic nitrogens is 2. The standard InChI is InChI=1S/C19H22N4OS/c1-15-3-2-4-16(11-15)13-21-5-7-22(8-6-21)14-17-12-18(24)23-9-10-25-19(23)20-17/h2-4,9-12H,5-8,13-14H2,1H3. The van der Waals surface area contributed by atoms with Crippen LogP contribution in [0.25, 0.3) is 4.96 Å². The van der Waals surface area contributed by atoms with Gasteiger partial charge in [0.15, 0.2) is 4.96 Å². The first-order chi connectivity index (χ1) is 12.2. The van der Waals surface area contributed by atoms with Crippen LogP contribution in [0, 0.1) is 6.92 Å². The molecule has 25 heavy (non-hydrogen) atoms. The fourth-order valence-corrected chi connectivity index (χ4v) is 4.11. The van der Waals surface area contributed by atoms with Gasteiger partial charge >= 0.3 is 0 Å². The monoisotopic (exact) mass is 354 g/mol. The number of thiazole rings is 1. The molecule has 0 aliphatic carbocycles. The molecule has 0 spiro atoms. The first kappa shape index (κ1) is 16.4. The van der Waals surface area contributed by atoms with Crippen LogP contribution in [0.5, 0.6) is 0 Å². The molecule has 3 heterocycles. The van der Waals surface area contributed by atoms with Crippen LogP contribution in [0.4, 0.5) is 0 Å². The first-order valence-electron chi connectivity index (χ1n) is 8.63. The van der Waals surface area contributed by atoms with Crippen molar-refractivity contribution in [1.29, 1.82) is 0 Å². The third kappa shape index (κ3) is 3.81. The van der Waals surface area contributed by atoms with Crippen molar-refractivity contribution in [2.45, 2.75) is 20.0 Å². The molecule has 0 N–H and O–H groups in total. The molecule has 5 nitrogen and oxygen atoms in total. The minimum atomic E-state index is 0.0133. The summed E-state index contributed by atoms with van der Waals surface area (Å²) in [7, 11) is 0. The number of rotatable bonds is 4. The Morgan fingerprint density at radius 1 is 1.08 bits per heavy atom. The van der Waals surface area contributed by atoms with Crippen molar-refractivity contribution in [3.8, 4) is 0 Å². The topological polar surface area (TPSA) is 40.9 Å². The van der Waals surface area contributed by atoms with Gasteiger partial charge in [-0.25, -0.2) is 4.98 Å². The highest BCUT2D eigenvalue weighted by molar-refractivity contribution is 7.15. The Bertz CT molecular complexity index is 924. The molecule has 2 aromatic heterocycles. The van der Waals surface area contributed by atoms with Crippen molar-refractivity contribution in [3.05, 3.63) is 69.1 Å². The highest BCUT2D eigenvalue weighted by Crippen LogP contribution is 2.13. The molecule has 3 aromatic rings. The fraction of sp³-hybridized carbons (Fsp3) is 0.368. The van der Waals surface area contributed by atoms with E-state index in [1.165, 1.54) is 22.5 Å². The smallest absolute Gasteiger partial charge is 0.258 e. The Morgan fingerprint density at radius 2 is 1.84 bits per heavy atom. The van der Waals surface area contributed by atoms with Crippen LogP contribution in [0.2, 0.25) is 0 Å². The maximum absolute atomic E-state index is 12.1. The zero-order valence-electron chi connectivity index (χ0n) is 14.4. The van der Waals surface area contributed by atoms with Crippen LogP contribution >= 0.6 is 11.3 Å². The molecule has 1 aliphatic rings. The molecular formula is C19H22N4OS. The van der Waals surface area contributed by atoms with Gasteiger partial charge in [-0.3, -0.25) is 19.0 Å². The van der Waals surface area contributed by atoms with Crippen LogP contribution in [-0.2, 0) is 13.1 Å². The lowest BCUT2D eigenvalue weighted by atomic mass is 10.1. The van der Waals surface area contributed by atoms with Gasteiger partial charge < -0.3 is 0 Å². The Hall–Kier alpha value is -2.02. The Morgan fingerprint density at radius 3 is 2.60 bits per heavy atom. The molecule has 0 bridgehead atoms. The minimum absolute atomic E-state index is 0.0133. The summed E-state index contributed by atoms with van der Waals surface area (Å²) in [5.41, 5.74) is 3.59. The number of piperazine rings is 1. The van der Waals surface area contributed by atoms with Gasteiger partial charge in [0.2, 0.25) is 0 Å². The van der Waals surface area contributed by atoms with E-state index >= 15 is 0 Å². The maximum atomic E-state index is 12.1. The lowest BCUT2D eigenvalue weighted by Crippen LogP contribution is -2.45. The van der Waals surface area contributed by atoms with Gasteiger partial charge in [0.1, 0.15) is 0 Å². The van der Waals surface area contributed by atoms with E-state index in [2.05, 4.69) is 46.0 Å². The largest absolute Gasteiger partial charge is 0.297 e. The molecule has 0 saturated carbocycles. The molecule has 130 valence electrons. The first-order valence-corrected chi connectivity index (χ1v) is 9.51. The van der Waals surface area contributed by atoms with E-state index in [9.17, 15) is 4.79 Å². The molecule has 0 atom stereocenters. The zero-order valence-corrected chi connectivity index (χ0v) is 15.2. The van der Waals surface area contributed by atoms with Gasteiger partial charge in [-0.1, -0.05) is 29.8 Å². The van der Waals surface area contributed by atoms with Crippen LogP contribution in [0.1, 0.15) is 16.8 Å². The van der Waals surface area contributed by atoms with Crippen LogP contribution in [0.3, 0.4) is 0 Å². The van der Waals surface area contributed by atoms with Crippen molar-refractivity contribution in [3.63, 3.8) is 0 Å². The van der Waals surface area contributed by atoms with Gasteiger partial charge in [0.05, 0.1) is 5.69 Å². The van der Waals surface area contributed by atoms with Gasteiger partial charge in [0, 0.05) is 56.9 Å². The van der Waals surface area contributed by atoms with Crippen molar-refractivity contribution in [1.82, 2.24) is 19.2 Å². The van der Waals surface area contributed by atoms with E-state index in [0.29, 0.717) is 0 Å². The second-order valence-electron chi connectivity index (χ2n) is 6.68. The minimum Gasteiger partial charge on any atom is -0.297 e. The number of fused-ring (bicyclic) bond motifs is 1. The summed E-state index contributed by atoms with van der Waals surface area (Å²) in [6.45, 7) is 8.02. The average Bonchev–Trinajstić information content (AvgIpc) is 3.06. The van der Waals surface area contributed by atoms with E-state index in [0.717, 1.165) is 49.9 Å². The molecular weight excluding hydrogens is 332 g/mol. The summed E-state index contributed by atoms with van der Waals surface area (Å²) in [6.07, 6.45) is 1.78. The number of aryl methyl sites for hydroxylation is 1. The molecule has 1 aliphatic heterocycles. The van der Waals surface area contributed by atoms with Gasteiger partial charge in [-0.2, -0.15) is 0 Å². The van der Waals surface area contributed by atoms with Crippen LogP contribution < -0.4 is 5.56 Å². The molecule has 0 amide bonds. The van der Waals surface area contributed by atoms with E-state index in [1.807, 2.05) is 5.38 Å². The molecule has 4 rings (SSSR count). The Kier molecular flexibility index (Phi) is 4.65. The molecule has 1 fully saturated rings. The van der Waals surface area contributed by atoms with Crippen molar-refractivity contribution >= 4 is 16.3 Å². The molecule has 1 aromatic carbocycles. The highest BCUT2D eigenvalue weighted by Gasteiger charge is 2.18. The Balaban J connectivity index is 1.36. The normalized spacial score (nSPS) is 16.5. The average molecular weight is 354 g/mol. The van der Waals surface area contributed by atoms with E-state index in [1.54, 1.807) is 16.7 Å². The SMILES string of the molecule is Cc1cccc(CN2CCN(Cc3cc(=O)n4ccsc4n3)CC2)c1. The summed E-state index contributed by atoms with van der Waals surface area (Å²) in [5, 5.41) is 1.90. The van der Waals surface area contributed by atoms with Crippen LogP contribution in [-0.4, -0.2) is 45.4 Å². The van der Waals surface area contributed by atoms with Crippen LogP contribution in [0.15, 0.2) is 46.7 Å². The Labute approximate surface area is 151 Å². The predicted molar refractivity (Wildman–Crippen MR) is 101 cm³/mol. The van der Waals surface area contributed by atoms with E-state index in [-0.39, 0.29) is 5.56 Å². The van der Waals surface area contributed by atoms with Gasteiger partial charge in [-0.05, 0) is 12.5 Å². The quantitative estimate of drug-likeness (QED) is 0.721. The fourth-order valence-electron chi connectivity index (χ4n) is 3.37. The maximum Gasteiger partial charge on any atom is 0.258 e. The zero-order chi connectivity index (χ0) is 17.2. The summed E-state index contributed by atoms with van der Waals surface area (Å²) in [5.74, 6) is 0. The van der Waals surface area contributed by atoms with Gasteiger partial charge in [0.25, 0.3) is 5.56 Å². The lowest BCUT2D eigenvalue weighted by Gasteiger charge is -2.34. The van der Waals surface area contributed by atoms with E-state index < -0.39 is 0 Å². The molecule has 0 radical (unpaired) electrons. The van der Waals surface area contributed by atoms with Crippen molar-refractivity contribution < 1.29 is 0 Å². The molecule has 0 unspecified atom stereocenters. The number of benzene rings is 1. The van der Waals surface area contributed by atoms with Crippen molar-refractivity contribution in [2.24, 2.45) is 0 Å². The van der Waals surface area contributed by atoms with Gasteiger partial charge in [-0.15, -0.1) is 11.3 Å². The summed E-state index contributed by atoms with van der Waals surface area (Å²) >= 11 is 1.51. The lowest BCUT2D eigenvalue weighted by molar-refractivity contribution is 0.121. The predicted octanol–water partition coefficient (Wildman–Crippen LogP) is 2.38. The summed E-state index contributed by atoms with van der Waals surface area (Å²) in [6, 6.07) is 10.4. The number of hydrogen-bond acceptors (Lipinski definition) is 5. The third-order valence-electron chi connectivity index (χ3n) is 4.70. The van der Waals surface area contributed by atoms with Crippen molar-refractivity contribution in [2.75, 3.05) is 26.2 Å². The number of nitrogens with zero attached hydrogens (tertiary/aromatic N) is 4. The molecule has 6 heteroatoms. The second kappa shape index (κ2) is 7.07.